The van der Waals surface area contributed by atoms with E-state index in [-0.39, 0.29) is 28.8 Å². The van der Waals surface area contributed by atoms with Gasteiger partial charge in [-0.3, -0.25) is 9.59 Å². The van der Waals surface area contributed by atoms with Crippen molar-refractivity contribution in [2.45, 2.75) is 183 Å². The first-order chi connectivity index (χ1) is 34.0. The molecule has 2 fully saturated rings. The van der Waals surface area contributed by atoms with Gasteiger partial charge in [0, 0.05) is 75.0 Å². The molecule has 0 aliphatic heterocycles. The second-order valence-electron chi connectivity index (χ2n) is 19.6. The zero-order chi connectivity index (χ0) is 55.8. The Morgan fingerprint density at radius 2 is 0.822 bits per heavy atom. The Bertz CT molecular complexity index is 1630. The number of carbonyl (C=O) groups is 7. The number of amides is 3. The van der Waals surface area contributed by atoms with E-state index in [0.717, 1.165) is 74.1 Å². The Hall–Kier alpha value is -1.43. The molecule has 0 aromatic rings. The van der Waals surface area contributed by atoms with Crippen molar-refractivity contribution in [2.75, 3.05) is 59.1 Å². The number of unbranched alkanes of at least 4 members (excludes halogenated alkanes) is 1. The van der Waals surface area contributed by atoms with Crippen molar-refractivity contribution in [3.63, 3.8) is 0 Å². The van der Waals surface area contributed by atoms with Gasteiger partial charge in [-0.2, -0.15) is 47.0 Å². The topological polar surface area (TPSA) is 322 Å². The number of nitrogens with two attached hydrogens (primary N) is 3. The average molecular weight is 1190 g/mol. The highest BCUT2D eigenvalue weighted by molar-refractivity contribution is 8.77. The molecule has 2 aliphatic rings. The summed E-state index contributed by atoms with van der Waals surface area (Å²) in [4.78, 5) is 82.1. The molecule has 0 radical (unpaired) electrons. The molecule has 0 spiro atoms. The lowest BCUT2D eigenvalue weighted by Crippen LogP contribution is -2.45. The first-order valence-corrected chi connectivity index (χ1v) is 33.5. The van der Waals surface area contributed by atoms with Gasteiger partial charge >= 0.3 is 36.2 Å². The van der Waals surface area contributed by atoms with Crippen LogP contribution in [0.2, 0.25) is 0 Å². The van der Waals surface area contributed by atoms with E-state index < -0.39 is 77.2 Å². The number of alkyl carbamates (subject to hydrolysis) is 3. The zero-order valence-electron chi connectivity index (χ0n) is 44.3. The molecule has 0 bridgehead atoms. The number of carbonyl (C=O) groups excluding carboxylic acids is 4. The van der Waals surface area contributed by atoms with Crippen molar-refractivity contribution in [1.29, 1.82) is 0 Å². The fourth-order valence-corrected chi connectivity index (χ4v) is 16.0. The number of aliphatic carboxylic acids is 3. The third-order valence-corrected chi connectivity index (χ3v) is 20.6. The van der Waals surface area contributed by atoms with Crippen LogP contribution in [-0.4, -0.2) is 178 Å². The number of carboxylic acid groups (broad SMARTS) is 3. The molecule has 0 aromatic heterocycles. The van der Waals surface area contributed by atoms with Gasteiger partial charge in [-0.25, -0.2) is 24.0 Å². The van der Waals surface area contributed by atoms with E-state index >= 15 is 0 Å². The van der Waals surface area contributed by atoms with Gasteiger partial charge in [0.2, 0.25) is 0 Å². The highest BCUT2D eigenvalue weighted by Crippen LogP contribution is 2.41. The molecule has 8 unspecified atom stereocenters. The summed E-state index contributed by atoms with van der Waals surface area (Å²) in [7, 11) is 4.71. The quantitative estimate of drug-likeness (QED) is 0.0175. The molecule has 73 heavy (non-hydrogen) atoms. The predicted molar refractivity (Wildman–Crippen MR) is 311 cm³/mol. The fraction of sp³-hybridized carbons (Fsp3) is 0.848. The Morgan fingerprint density at radius 1 is 0.507 bits per heavy atom. The Balaban J connectivity index is 0.00000129. The van der Waals surface area contributed by atoms with E-state index in [1.807, 2.05) is 35.3 Å². The number of hydrogen-bond acceptors (Lipinski definition) is 21. The molecule has 2 rings (SSSR count). The van der Waals surface area contributed by atoms with Crippen LogP contribution in [0.4, 0.5) is 14.4 Å². The molecular weight excluding hydrogens is 1100 g/mol. The molecule has 19 nitrogen and oxygen atoms in total. The number of ketones is 1. The molecule has 3 amide bonds. The lowest BCUT2D eigenvalue weighted by atomic mass is 9.99. The highest BCUT2D eigenvalue weighted by atomic mass is 33.1. The number of carboxylic acids is 3. The number of nitrogens with one attached hydrogen (secondary N) is 3. The molecular formula is C46H86N6O13S8. The smallest absolute Gasteiger partial charge is 0.408 e. The standard InChI is InChI=1S/C27H48N2O7S4.C11H20N2O6S2.C8H18N2S2/c1-8-9-14-37-21-12-13-22(21)38-15-10-11-20(30)18(28-24(33)35-26(2,3)4)16-39-40-17-19(23(31)32)29-25(34)36-27(5,6)7;1-11(2,3)19-10(18)13-7(9(16)17)5-21-20-4-6(12)8(14)15;9-3-5-11-7-1-2-8(7)12-6-4-10/h18-19,21-22H,8-17H2,1-7H3,(H,28,33)(H,29,34)(H,31,32);6-7H,4-5,12H2,1-3H3,(H,13,18)(H,14,15)(H,16,17);7-8H,1-6,9-10H2. The van der Waals surface area contributed by atoms with Gasteiger partial charge in [-0.05, 0) is 112 Å². The van der Waals surface area contributed by atoms with E-state index in [4.69, 9.17) is 41.6 Å². The minimum Gasteiger partial charge on any atom is -0.480 e. The maximum absolute atomic E-state index is 13.1. The molecule has 8 atom stereocenters. The number of rotatable bonds is 32. The van der Waals surface area contributed by atoms with E-state index in [9.17, 15) is 38.7 Å². The second kappa shape index (κ2) is 39.0. The third-order valence-electron chi connectivity index (χ3n) is 9.42. The minimum absolute atomic E-state index is 0.0576. The summed E-state index contributed by atoms with van der Waals surface area (Å²) in [5, 5.41) is 37.5. The van der Waals surface area contributed by atoms with Crippen LogP contribution in [0.25, 0.3) is 0 Å². The van der Waals surface area contributed by atoms with Crippen LogP contribution in [-0.2, 0) is 33.4 Å². The van der Waals surface area contributed by atoms with E-state index in [1.54, 1.807) is 62.3 Å². The molecule has 0 aromatic carbocycles. The van der Waals surface area contributed by atoms with Crippen molar-refractivity contribution < 1.29 is 63.1 Å². The summed E-state index contributed by atoms with van der Waals surface area (Å²) in [6, 6.07) is -4.06. The molecule has 2 aliphatic carbocycles. The van der Waals surface area contributed by atoms with E-state index in [2.05, 4.69) is 34.6 Å². The van der Waals surface area contributed by atoms with E-state index in [0.29, 0.717) is 11.7 Å². The SMILES string of the molecule is CC(C)(C)OC(=O)NC(CSSCC(N)C(=O)O)C(=O)O.CCCCSC1CCC1SCCCC(=O)C(CSSCC(NC(=O)OC(C)(C)C)C(=O)O)NC(=O)OC(C)(C)C.NCCSC1CCC1SCCN. The number of hydrogen-bond donors (Lipinski definition) is 9. The van der Waals surface area contributed by atoms with Crippen LogP contribution in [0, 0.1) is 0 Å². The first-order valence-electron chi connectivity index (χ1n) is 24.3. The van der Waals surface area contributed by atoms with Crippen LogP contribution < -0.4 is 33.2 Å². The summed E-state index contributed by atoms with van der Waals surface area (Å²) < 4.78 is 15.5. The van der Waals surface area contributed by atoms with Crippen LogP contribution in [0.3, 0.4) is 0 Å². The highest BCUT2D eigenvalue weighted by Gasteiger charge is 2.33. The summed E-state index contributed by atoms with van der Waals surface area (Å²) in [6.45, 7) is 19.2. The first kappa shape index (κ1) is 71.6. The number of ether oxygens (including phenoxy) is 3. The molecule has 2 saturated carbocycles. The van der Waals surface area contributed by atoms with Crippen LogP contribution in [0.15, 0.2) is 0 Å². The summed E-state index contributed by atoms with van der Waals surface area (Å²) in [5.74, 6) is 1.26. The summed E-state index contributed by atoms with van der Waals surface area (Å²) in [5.41, 5.74) is 14.0. The van der Waals surface area contributed by atoms with Gasteiger partial charge in [0.1, 0.15) is 41.0 Å². The van der Waals surface area contributed by atoms with Crippen molar-refractivity contribution in [3.05, 3.63) is 0 Å². The average Bonchev–Trinajstić information content (AvgIpc) is 3.24. The maximum Gasteiger partial charge on any atom is 0.408 e. The van der Waals surface area contributed by atoms with Crippen LogP contribution in [0.5, 0.6) is 0 Å². The second-order valence-corrected chi connectivity index (χ2v) is 30.1. The zero-order valence-corrected chi connectivity index (χ0v) is 50.8. The van der Waals surface area contributed by atoms with Crippen LogP contribution >= 0.6 is 90.2 Å². The monoisotopic (exact) mass is 1190 g/mol. The Morgan fingerprint density at radius 3 is 1.12 bits per heavy atom. The fourth-order valence-electron chi connectivity index (χ4n) is 5.57. The predicted octanol–water partition coefficient (Wildman–Crippen LogP) is 8.04. The lowest BCUT2D eigenvalue weighted by Gasteiger charge is -2.35. The van der Waals surface area contributed by atoms with Gasteiger partial charge in [-0.15, -0.1) is 0 Å². The Kier molecular flexibility index (Phi) is 38.2. The van der Waals surface area contributed by atoms with Gasteiger partial charge in [0.15, 0.2) is 5.78 Å². The van der Waals surface area contributed by atoms with Gasteiger partial charge in [0.25, 0.3) is 0 Å². The third kappa shape index (κ3) is 37.9. The van der Waals surface area contributed by atoms with Crippen molar-refractivity contribution >= 4 is 132 Å². The molecule has 0 saturated heterocycles. The lowest BCUT2D eigenvalue weighted by molar-refractivity contribution is -0.139. The van der Waals surface area contributed by atoms with Crippen molar-refractivity contribution in [2.24, 2.45) is 17.2 Å². The molecule has 12 N–H and O–H groups in total. The summed E-state index contributed by atoms with van der Waals surface area (Å²) >= 11 is 8.09. The number of thioether (sulfide) groups is 4. The van der Waals surface area contributed by atoms with Crippen molar-refractivity contribution in [1.82, 2.24) is 16.0 Å². The minimum atomic E-state index is -1.20. The molecule has 426 valence electrons. The van der Waals surface area contributed by atoms with E-state index in [1.165, 1.54) is 65.9 Å². The molecule has 0 heterocycles. The van der Waals surface area contributed by atoms with Gasteiger partial charge in [-0.1, -0.05) is 56.5 Å². The Labute approximate surface area is 466 Å². The van der Waals surface area contributed by atoms with Crippen LogP contribution in [0.1, 0.15) is 121 Å². The normalized spacial score (nSPS) is 19.0. The maximum atomic E-state index is 13.1. The van der Waals surface area contributed by atoms with Gasteiger partial charge in [0.05, 0.1) is 0 Å². The summed E-state index contributed by atoms with van der Waals surface area (Å²) in [6.07, 6.45) is 6.54. The van der Waals surface area contributed by atoms with Gasteiger partial charge < -0.3 is 62.7 Å². The molecule has 27 heteroatoms. The number of Topliss-reactive ketones (excluding diaryl/α,β-unsaturated/α-hetero) is 1. The van der Waals surface area contributed by atoms with Crippen molar-refractivity contribution in [3.8, 4) is 0 Å². The largest absolute Gasteiger partial charge is 0.480 e.